The van der Waals surface area contributed by atoms with Gasteiger partial charge in [-0.2, -0.15) is 0 Å². The van der Waals surface area contributed by atoms with Gasteiger partial charge >= 0.3 is 5.91 Å². The van der Waals surface area contributed by atoms with Gasteiger partial charge in [0.05, 0.1) is 19.7 Å². The van der Waals surface area contributed by atoms with Crippen LogP contribution in [0.25, 0.3) is 11.6 Å². The van der Waals surface area contributed by atoms with Crippen LogP contribution in [-0.4, -0.2) is 36.9 Å². The summed E-state index contributed by atoms with van der Waals surface area (Å²) in [6.07, 6.45) is 10.5. The fraction of sp³-hybridized carbons (Fsp3) is 0.292. The topological polar surface area (TPSA) is 72.8 Å². The molecule has 1 aromatic carbocycles. The molecule has 6 heteroatoms. The largest absolute Gasteiger partial charge is 0.497 e. The van der Waals surface area contributed by atoms with Crippen molar-refractivity contribution in [3.8, 4) is 5.75 Å². The van der Waals surface area contributed by atoms with Crippen molar-refractivity contribution < 1.29 is 19.3 Å². The number of aromatic nitrogens is 1. The molecule has 154 valence electrons. The molecule has 3 heterocycles. The van der Waals surface area contributed by atoms with Crippen LogP contribution in [0.15, 0.2) is 48.7 Å². The number of amides is 2. The summed E-state index contributed by atoms with van der Waals surface area (Å²) < 4.78 is 5.33. The number of aryl methyl sites for hydroxylation is 1. The first-order valence-electron chi connectivity index (χ1n) is 10.3. The summed E-state index contributed by atoms with van der Waals surface area (Å²) in [6, 6.07) is 10.1. The number of pyridine rings is 1. The van der Waals surface area contributed by atoms with E-state index in [-0.39, 0.29) is 11.8 Å². The van der Waals surface area contributed by atoms with E-state index in [0.29, 0.717) is 19.4 Å². The second kappa shape index (κ2) is 8.95. The molecule has 2 N–H and O–H groups in total. The first-order valence-corrected chi connectivity index (χ1v) is 10.3. The maximum atomic E-state index is 12.7. The lowest BCUT2D eigenvalue weighted by atomic mass is 10.0. The summed E-state index contributed by atoms with van der Waals surface area (Å²) in [6.45, 7) is 1.33. The third kappa shape index (κ3) is 4.59. The highest BCUT2D eigenvalue weighted by Crippen LogP contribution is 2.26. The van der Waals surface area contributed by atoms with Crippen LogP contribution >= 0.6 is 0 Å². The standard InChI is InChI=1S/C24H25N3O3/c1-30-21-6-2-4-19(15-21)18-5-3-12-27(13-11-18)23(29)10-7-17-14-20-8-9-22(28)26-24(20)25-16-17/h2,4,6-7,10-11,14-16H,3,5,8-9,12-13H2,1H3,(H,25,26,28)/p+1/b10-7+. The molecule has 0 aliphatic carbocycles. The number of carbonyl (C=O) groups is 2. The summed E-state index contributed by atoms with van der Waals surface area (Å²) >= 11 is 0. The van der Waals surface area contributed by atoms with Gasteiger partial charge in [0.15, 0.2) is 0 Å². The third-order valence-corrected chi connectivity index (χ3v) is 5.53. The van der Waals surface area contributed by atoms with Gasteiger partial charge in [-0.05, 0) is 54.7 Å². The number of allylic oxidation sites excluding steroid dienone is 1. The van der Waals surface area contributed by atoms with E-state index in [9.17, 15) is 9.59 Å². The second-order valence-corrected chi connectivity index (χ2v) is 7.56. The van der Waals surface area contributed by atoms with E-state index in [1.807, 2.05) is 35.2 Å². The highest BCUT2D eigenvalue weighted by molar-refractivity contribution is 5.93. The molecule has 0 atom stereocenters. The lowest BCUT2D eigenvalue weighted by Gasteiger charge is -2.17. The van der Waals surface area contributed by atoms with Crippen molar-refractivity contribution in [1.82, 2.24) is 4.90 Å². The second-order valence-electron chi connectivity index (χ2n) is 7.56. The van der Waals surface area contributed by atoms with Gasteiger partial charge in [-0.25, -0.2) is 15.1 Å². The molecule has 1 aromatic heterocycles. The summed E-state index contributed by atoms with van der Waals surface area (Å²) in [7, 11) is 1.67. The fourth-order valence-electron chi connectivity index (χ4n) is 3.86. The Morgan fingerprint density at radius 1 is 1.23 bits per heavy atom. The number of hydrogen-bond acceptors (Lipinski definition) is 3. The molecule has 6 nitrogen and oxygen atoms in total. The molecular formula is C24H26N3O3+. The lowest BCUT2D eigenvalue weighted by molar-refractivity contribution is -0.361. The number of ether oxygens (including phenoxy) is 1. The van der Waals surface area contributed by atoms with Gasteiger partial charge in [0, 0.05) is 30.3 Å². The van der Waals surface area contributed by atoms with Crippen LogP contribution in [0, 0.1) is 0 Å². The van der Waals surface area contributed by atoms with Crippen LogP contribution in [0.4, 0.5) is 5.82 Å². The molecule has 2 aliphatic heterocycles. The zero-order valence-electron chi connectivity index (χ0n) is 17.1. The molecule has 2 aromatic rings. The van der Waals surface area contributed by atoms with E-state index in [1.165, 1.54) is 5.57 Å². The Kier molecular flexibility index (Phi) is 5.93. The number of nitrogens with zero attached hydrogens (tertiary/aromatic N) is 1. The zero-order valence-corrected chi connectivity index (χ0v) is 17.1. The van der Waals surface area contributed by atoms with Crippen LogP contribution in [0.5, 0.6) is 5.75 Å². The van der Waals surface area contributed by atoms with Gasteiger partial charge in [0.2, 0.25) is 5.91 Å². The number of methoxy groups -OCH3 is 1. The Balaban J connectivity index is 1.42. The SMILES string of the molecule is COc1cccc(C2=CCN(C(=O)/C=C/c3c[nH+]c4c(c3)CCC(=O)N4)CCC2)c1. The van der Waals surface area contributed by atoms with Crippen molar-refractivity contribution >= 4 is 29.3 Å². The van der Waals surface area contributed by atoms with E-state index in [0.717, 1.165) is 47.6 Å². The minimum atomic E-state index is 0.00386. The molecule has 0 fully saturated rings. The molecule has 30 heavy (non-hydrogen) atoms. The molecule has 0 saturated heterocycles. The quantitative estimate of drug-likeness (QED) is 0.796. The van der Waals surface area contributed by atoms with Crippen LogP contribution in [0.3, 0.4) is 0 Å². The first-order chi connectivity index (χ1) is 14.6. The number of anilines is 1. The van der Waals surface area contributed by atoms with Crippen LogP contribution in [-0.2, 0) is 16.0 Å². The minimum absolute atomic E-state index is 0.00386. The molecule has 0 spiro atoms. The molecule has 0 saturated carbocycles. The van der Waals surface area contributed by atoms with E-state index in [2.05, 4.69) is 22.4 Å². The number of benzene rings is 1. The number of aromatic amines is 1. The van der Waals surface area contributed by atoms with Gasteiger partial charge in [0.25, 0.3) is 5.82 Å². The van der Waals surface area contributed by atoms with Gasteiger partial charge in [-0.1, -0.05) is 18.2 Å². The molecular weight excluding hydrogens is 378 g/mol. The van der Waals surface area contributed by atoms with E-state index in [4.69, 9.17) is 4.74 Å². The van der Waals surface area contributed by atoms with Crippen molar-refractivity contribution in [1.29, 1.82) is 0 Å². The number of H-pyrrole nitrogens is 1. The number of rotatable bonds is 4. The molecule has 4 rings (SSSR count). The predicted molar refractivity (Wildman–Crippen MR) is 116 cm³/mol. The predicted octanol–water partition coefficient (Wildman–Crippen LogP) is 3.11. The number of carbonyl (C=O) groups excluding carboxylic acids is 2. The van der Waals surface area contributed by atoms with Crippen molar-refractivity contribution in [2.45, 2.75) is 25.7 Å². The van der Waals surface area contributed by atoms with E-state index < -0.39 is 0 Å². The normalized spacial score (nSPS) is 16.5. The molecule has 0 radical (unpaired) electrons. The van der Waals surface area contributed by atoms with Crippen molar-refractivity contribution in [2.75, 3.05) is 25.5 Å². The maximum Gasteiger partial charge on any atom is 0.307 e. The Morgan fingerprint density at radius 2 is 2.13 bits per heavy atom. The molecule has 2 aliphatic rings. The molecule has 2 amide bonds. The van der Waals surface area contributed by atoms with Crippen molar-refractivity contribution in [3.05, 3.63) is 65.4 Å². The van der Waals surface area contributed by atoms with Crippen LogP contribution < -0.4 is 15.0 Å². The van der Waals surface area contributed by atoms with Crippen LogP contribution in [0.2, 0.25) is 0 Å². The highest BCUT2D eigenvalue weighted by atomic mass is 16.5. The third-order valence-electron chi connectivity index (χ3n) is 5.53. The zero-order chi connectivity index (χ0) is 20.9. The summed E-state index contributed by atoms with van der Waals surface area (Å²) in [4.78, 5) is 29.2. The molecule has 0 unspecified atom stereocenters. The van der Waals surface area contributed by atoms with Gasteiger partial charge in [-0.3, -0.25) is 4.79 Å². The van der Waals surface area contributed by atoms with Crippen molar-refractivity contribution in [3.63, 3.8) is 0 Å². The fourth-order valence-corrected chi connectivity index (χ4v) is 3.86. The van der Waals surface area contributed by atoms with Crippen LogP contribution in [0.1, 0.15) is 36.0 Å². The van der Waals surface area contributed by atoms with E-state index >= 15 is 0 Å². The smallest absolute Gasteiger partial charge is 0.307 e. The monoisotopic (exact) mass is 404 g/mol. The average molecular weight is 404 g/mol. The number of hydrogen-bond donors (Lipinski definition) is 1. The Bertz CT molecular complexity index is 1030. The molecule has 0 bridgehead atoms. The highest BCUT2D eigenvalue weighted by Gasteiger charge is 2.22. The lowest BCUT2D eigenvalue weighted by Crippen LogP contribution is -2.29. The van der Waals surface area contributed by atoms with Crippen molar-refractivity contribution in [2.24, 2.45) is 0 Å². The Morgan fingerprint density at radius 3 is 3.00 bits per heavy atom. The summed E-state index contributed by atoms with van der Waals surface area (Å²) in [5.74, 6) is 1.62. The van der Waals surface area contributed by atoms with Gasteiger partial charge < -0.3 is 9.64 Å². The van der Waals surface area contributed by atoms with E-state index in [1.54, 1.807) is 19.4 Å². The Labute approximate surface area is 176 Å². The number of fused-ring (bicyclic) bond motifs is 1. The Hall–Kier alpha value is -3.41. The number of nitrogens with one attached hydrogen (secondary N) is 2. The summed E-state index contributed by atoms with van der Waals surface area (Å²) in [5.41, 5.74) is 4.38. The summed E-state index contributed by atoms with van der Waals surface area (Å²) in [5, 5.41) is 2.83. The first kappa shape index (κ1) is 19.9. The van der Waals surface area contributed by atoms with Gasteiger partial charge in [0.1, 0.15) is 5.75 Å². The van der Waals surface area contributed by atoms with Gasteiger partial charge in [-0.15, -0.1) is 0 Å². The maximum absolute atomic E-state index is 12.7. The minimum Gasteiger partial charge on any atom is -0.497 e. The average Bonchev–Trinajstić information content (AvgIpc) is 3.04.